The number of nitrogens with one attached hydrogen (secondary N) is 3. The zero-order valence-electron chi connectivity index (χ0n) is 22.5. The van der Waals surface area contributed by atoms with Gasteiger partial charge in [-0.25, -0.2) is 5.10 Å². The minimum Gasteiger partial charge on any atom is -0.461 e. The van der Waals surface area contributed by atoms with E-state index in [1.165, 1.54) is 0 Å². The molecule has 1 amide bonds. The van der Waals surface area contributed by atoms with Crippen LogP contribution in [-0.4, -0.2) is 29.2 Å². The normalized spacial score (nSPS) is 11.5. The third-order valence-corrected chi connectivity index (χ3v) is 6.01. The van der Waals surface area contributed by atoms with Gasteiger partial charge in [0.2, 0.25) is 5.91 Å². The Balaban J connectivity index is 0.000000695. The van der Waals surface area contributed by atoms with Crippen LogP contribution in [0.1, 0.15) is 51.9 Å². The topological polar surface area (TPSA) is 100 Å². The molecule has 3 N–H and O–H groups in total. The molecule has 0 aliphatic heterocycles. The van der Waals surface area contributed by atoms with E-state index in [4.69, 9.17) is 4.42 Å². The van der Waals surface area contributed by atoms with Crippen LogP contribution in [0.25, 0.3) is 21.7 Å². The van der Waals surface area contributed by atoms with Crippen LogP contribution in [0.2, 0.25) is 0 Å². The summed E-state index contributed by atoms with van der Waals surface area (Å²) >= 11 is 0. The highest BCUT2D eigenvalue weighted by molar-refractivity contribution is 5.90. The van der Waals surface area contributed by atoms with Crippen LogP contribution in [-0.2, 0) is 11.2 Å². The van der Waals surface area contributed by atoms with Crippen molar-refractivity contribution in [2.75, 3.05) is 18.4 Å². The third kappa shape index (κ3) is 8.07. The molecule has 0 bridgehead atoms. The summed E-state index contributed by atoms with van der Waals surface area (Å²) in [6, 6.07) is 15.4. The highest BCUT2D eigenvalue weighted by Crippen LogP contribution is 2.22. The van der Waals surface area contributed by atoms with Crippen LogP contribution in [0.4, 0.5) is 5.82 Å². The van der Waals surface area contributed by atoms with Gasteiger partial charge >= 0.3 is 0 Å². The predicted molar refractivity (Wildman–Crippen MR) is 152 cm³/mol. The minimum atomic E-state index is -0.209. The minimum absolute atomic E-state index is 0.0224. The Morgan fingerprint density at radius 2 is 1.86 bits per heavy atom. The summed E-state index contributed by atoms with van der Waals surface area (Å²) in [5, 5.41) is 15.5. The molecule has 0 spiro atoms. The summed E-state index contributed by atoms with van der Waals surface area (Å²) < 4.78 is 5.60. The smallest absolute Gasteiger partial charge is 0.272 e. The maximum absolute atomic E-state index is 12.4. The Hall–Kier alpha value is -3.87. The molecule has 0 atom stereocenters. The summed E-state index contributed by atoms with van der Waals surface area (Å²) in [6.45, 7) is 11.3. The van der Waals surface area contributed by atoms with Crippen molar-refractivity contribution in [1.29, 1.82) is 0 Å². The first-order valence-corrected chi connectivity index (χ1v) is 12.8. The number of aromatic amines is 1. The second-order valence-electron chi connectivity index (χ2n) is 9.95. The van der Waals surface area contributed by atoms with Crippen molar-refractivity contribution in [2.45, 2.75) is 53.9 Å². The second kappa shape index (κ2) is 12.9. The first kappa shape index (κ1) is 27.7. The fraction of sp³-hybridized carbons (Fsp3) is 0.367. The predicted octanol–water partition coefficient (Wildman–Crippen LogP) is 6.14. The van der Waals surface area contributed by atoms with E-state index in [0.717, 1.165) is 34.1 Å². The molecule has 0 radical (unpaired) electrons. The molecular weight excluding hydrogens is 464 g/mol. The molecule has 0 fully saturated rings. The van der Waals surface area contributed by atoms with E-state index < -0.39 is 0 Å². The Morgan fingerprint density at radius 1 is 1.11 bits per heavy atom. The largest absolute Gasteiger partial charge is 0.461 e. The molecule has 0 unspecified atom stereocenters. The van der Waals surface area contributed by atoms with E-state index in [-0.39, 0.29) is 16.9 Å². The lowest BCUT2D eigenvalue weighted by molar-refractivity contribution is -0.121. The Labute approximate surface area is 218 Å². The Bertz CT molecular complexity index is 1420. The third-order valence-electron chi connectivity index (χ3n) is 6.01. The van der Waals surface area contributed by atoms with Gasteiger partial charge in [-0.05, 0) is 61.9 Å². The number of aromatic nitrogens is 2. The number of H-pyrrole nitrogens is 1. The van der Waals surface area contributed by atoms with E-state index >= 15 is 0 Å². The molecule has 2 aromatic carbocycles. The maximum atomic E-state index is 12.4. The summed E-state index contributed by atoms with van der Waals surface area (Å²) in [7, 11) is 0. The SMILES string of the molecule is C/C=C\CC.Cc1cc2cc(CCC(=O)NCC(C)(C)CNc3n[nH]c(=O)c4ccccc34)ccc2o1. The van der Waals surface area contributed by atoms with Gasteiger partial charge in [0.05, 0.1) is 5.39 Å². The molecule has 37 heavy (non-hydrogen) atoms. The van der Waals surface area contributed by atoms with Gasteiger partial charge in [0.1, 0.15) is 11.3 Å². The molecule has 196 valence electrons. The number of furan rings is 1. The standard InChI is InChI=1S/C25H28N4O3.C5H10/c1-16-12-18-13-17(8-10-21(18)32-16)9-11-22(30)26-14-25(2,3)15-27-23-19-6-4-5-7-20(19)24(31)29-28-23;1-3-5-4-2/h4-8,10,12-13H,9,11,14-15H2,1-3H3,(H,26,30)(H,27,28)(H,29,31);3,5H,4H2,1-2H3/b;5-3-. The molecule has 7 heteroatoms. The lowest BCUT2D eigenvalue weighted by Gasteiger charge is -2.26. The van der Waals surface area contributed by atoms with Gasteiger partial charge < -0.3 is 15.1 Å². The molecule has 4 rings (SSSR count). The van der Waals surface area contributed by atoms with Crippen molar-refractivity contribution in [3.05, 3.63) is 82.4 Å². The number of amides is 1. The molecule has 7 nitrogen and oxygen atoms in total. The van der Waals surface area contributed by atoms with Crippen molar-refractivity contribution in [3.8, 4) is 0 Å². The van der Waals surface area contributed by atoms with Crippen molar-refractivity contribution >= 4 is 33.5 Å². The molecule has 0 saturated carbocycles. The van der Waals surface area contributed by atoms with Crippen LogP contribution in [0.5, 0.6) is 0 Å². The van der Waals surface area contributed by atoms with Crippen LogP contribution in [0, 0.1) is 12.3 Å². The summed E-state index contributed by atoms with van der Waals surface area (Å²) in [6.07, 6.45) is 6.45. The van der Waals surface area contributed by atoms with E-state index in [1.807, 2.05) is 50.2 Å². The number of carbonyl (C=O) groups is 1. The summed E-state index contributed by atoms with van der Waals surface area (Å²) in [5.41, 5.74) is 1.57. The highest BCUT2D eigenvalue weighted by atomic mass is 16.3. The highest BCUT2D eigenvalue weighted by Gasteiger charge is 2.20. The number of fused-ring (bicyclic) bond motifs is 2. The van der Waals surface area contributed by atoms with Gasteiger partial charge in [-0.2, -0.15) is 5.10 Å². The van der Waals surface area contributed by atoms with E-state index in [1.54, 1.807) is 6.07 Å². The van der Waals surface area contributed by atoms with Gasteiger partial charge in [0, 0.05) is 30.3 Å². The Kier molecular flexibility index (Phi) is 9.66. The number of benzene rings is 2. The van der Waals surface area contributed by atoms with Crippen molar-refractivity contribution < 1.29 is 9.21 Å². The zero-order chi connectivity index (χ0) is 26.8. The molecule has 2 heterocycles. The summed E-state index contributed by atoms with van der Waals surface area (Å²) in [5.74, 6) is 1.54. The monoisotopic (exact) mass is 502 g/mol. The van der Waals surface area contributed by atoms with E-state index in [0.29, 0.717) is 37.1 Å². The number of allylic oxidation sites excluding steroid dienone is 2. The lowest BCUT2D eigenvalue weighted by atomic mass is 9.93. The Morgan fingerprint density at radius 3 is 2.57 bits per heavy atom. The van der Waals surface area contributed by atoms with Crippen molar-refractivity contribution in [1.82, 2.24) is 15.5 Å². The first-order chi connectivity index (χ1) is 17.7. The van der Waals surface area contributed by atoms with Crippen LogP contribution in [0.15, 0.2) is 69.9 Å². The number of rotatable bonds is 9. The van der Waals surface area contributed by atoms with E-state index in [9.17, 15) is 9.59 Å². The maximum Gasteiger partial charge on any atom is 0.272 e. The number of nitrogens with zero attached hydrogens (tertiary/aromatic N) is 1. The van der Waals surface area contributed by atoms with Crippen LogP contribution >= 0.6 is 0 Å². The number of hydrogen-bond acceptors (Lipinski definition) is 5. The quantitative estimate of drug-likeness (QED) is 0.239. The van der Waals surface area contributed by atoms with Crippen molar-refractivity contribution in [3.63, 3.8) is 0 Å². The molecule has 4 aromatic rings. The first-order valence-electron chi connectivity index (χ1n) is 12.8. The van der Waals surface area contributed by atoms with Crippen LogP contribution < -0.4 is 16.2 Å². The number of anilines is 1. The second-order valence-corrected chi connectivity index (χ2v) is 9.95. The van der Waals surface area contributed by atoms with Crippen LogP contribution in [0.3, 0.4) is 0 Å². The fourth-order valence-electron chi connectivity index (χ4n) is 3.94. The van der Waals surface area contributed by atoms with Crippen molar-refractivity contribution in [2.24, 2.45) is 5.41 Å². The average molecular weight is 503 g/mol. The van der Waals surface area contributed by atoms with Gasteiger partial charge in [0.25, 0.3) is 5.56 Å². The summed E-state index contributed by atoms with van der Waals surface area (Å²) in [4.78, 5) is 24.4. The van der Waals surface area contributed by atoms with E-state index in [2.05, 4.69) is 59.8 Å². The van der Waals surface area contributed by atoms with Gasteiger partial charge in [-0.3, -0.25) is 9.59 Å². The molecule has 2 aromatic heterocycles. The molecule has 0 saturated heterocycles. The number of aryl methyl sites for hydroxylation is 2. The molecular formula is C30H38N4O3. The zero-order valence-corrected chi connectivity index (χ0v) is 22.5. The van der Waals surface area contributed by atoms with Gasteiger partial charge in [-0.1, -0.05) is 57.2 Å². The van der Waals surface area contributed by atoms with Gasteiger partial charge in [0.15, 0.2) is 5.82 Å². The average Bonchev–Trinajstić information content (AvgIpc) is 3.26. The lowest BCUT2D eigenvalue weighted by Crippen LogP contribution is -2.38. The van der Waals surface area contributed by atoms with Gasteiger partial charge in [-0.15, -0.1) is 0 Å². The number of carbonyl (C=O) groups excluding carboxylic acids is 1. The molecule has 0 aliphatic rings. The molecule has 0 aliphatic carbocycles. The fourth-order valence-corrected chi connectivity index (χ4v) is 3.94. The number of hydrogen-bond donors (Lipinski definition) is 3.